The van der Waals surface area contributed by atoms with E-state index >= 15 is 0 Å². The summed E-state index contributed by atoms with van der Waals surface area (Å²) in [5, 5.41) is 2.94. The highest BCUT2D eigenvalue weighted by molar-refractivity contribution is 5.89. The summed E-state index contributed by atoms with van der Waals surface area (Å²) in [4.78, 5) is 28.8. The third-order valence-electron chi connectivity index (χ3n) is 5.96. The van der Waals surface area contributed by atoms with Crippen molar-refractivity contribution in [1.82, 2.24) is 10.2 Å². The molecule has 0 aliphatic heterocycles. The molecular weight excluding hydrogens is 424 g/mol. The van der Waals surface area contributed by atoms with Crippen molar-refractivity contribution in [3.63, 3.8) is 0 Å². The molecule has 5 heteroatoms. The SMILES string of the molecule is CCNC(=O)[C@@H](Cc1ccccc1)N(Cc1cccc(OC)c1)C(=O)Cc1cc(C)ccc1C. The molecule has 0 aromatic heterocycles. The van der Waals surface area contributed by atoms with Gasteiger partial charge in [0.15, 0.2) is 0 Å². The van der Waals surface area contributed by atoms with E-state index < -0.39 is 6.04 Å². The number of nitrogens with one attached hydrogen (secondary N) is 1. The van der Waals surface area contributed by atoms with Gasteiger partial charge in [0.2, 0.25) is 11.8 Å². The second-order valence-corrected chi connectivity index (χ2v) is 8.58. The van der Waals surface area contributed by atoms with Crippen LogP contribution >= 0.6 is 0 Å². The van der Waals surface area contributed by atoms with Gasteiger partial charge in [0.1, 0.15) is 11.8 Å². The molecule has 0 unspecified atom stereocenters. The Bertz CT molecular complexity index is 1110. The maximum atomic E-state index is 13.8. The molecule has 34 heavy (non-hydrogen) atoms. The van der Waals surface area contributed by atoms with Crippen molar-refractivity contribution in [2.45, 2.75) is 46.2 Å². The molecule has 3 aromatic rings. The quantitative estimate of drug-likeness (QED) is 0.482. The number of ether oxygens (including phenoxy) is 1. The van der Waals surface area contributed by atoms with Crippen molar-refractivity contribution in [1.29, 1.82) is 0 Å². The van der Waals surface area contributed by atoms with E-state index in [4.69, 9.17) is 4.74 Å². The molecule has 3 rings (SSSR count). The number of amides is 2. The minimum Gasteiger partial charge on any atom is -0.497 e. The summed E-state index contributed by atoms with van der Waals surface area (Å²) in [6, 6.07) is 23.0. The standard InChI is InChI=1S/C29H34N2O3/c1-5-30-29(33)27(18-23-10-7-6-8-11-23)31(20-24-12-9-13-26(17-24)34-4)28(32)19-25-16-21(2)14-15-22(25)3/h6-17,27H,5,18-20H2,1-4H3,(H,30,33)/t27-/m1/s1. The second-order valence-electron chi connectivity index (χ2n) is 8.58. The summed E-state index contributed by atoms with van der Waals surface area (Å²) < 4.78 is 5.38. The number of nitrogens with zero attached hydrogens (tertiary/aromatic N) is 1. The summed E-state index contributed by atoms with van der Waals surface area (Å²) in [6.07, 6.45) is 0.678. The molecule has 1 atom stereocenters. The van der Waals surface area contributed by atoms with E-state index in [1.54, 1.807) is 12.0 Å². The van der Waals surface area contributed by atoms with Gasteiger partial charge >= 0.3 is 0 Å². The molecule has 0 heterocycles. The molecule has 5 nitrogen and oxygen atoms in total. The first-order chi connectivity index (χ1) is 16.4. The van der Waals surface area contributed by atoms with Crippen molar-refractivity contribution in [2.75, 3.05) is 13.7 Å². The van der Waals surface area contributed by atoms with E-state index in [2.05, 4.69) is 11.4 Å². The molecule has 2 amide bonds. The maximum absolute atomic E-state index is 13.8. The van der Waals surface area contributed by atoms with E-state index in [0.29, 0.717) is 19.5 Å². The van der Waals surface area contributed by atoms with E-state index in [9.17, 15) is 9.59 Å². The fourth-order valence-corrected chi connectivity index (χ4v) is 4.07. The van der Waals surface area contributed by atoms with Gasteiger partial charge < -0.3 is 15.0 Å². The lowest BCUT2D eigenvalue weighted by Crippen LogP contribution is -2.51. The monoisotopic (exact) mass is 458 g/mol. The van der Waals surface area contributed by atoms with Crippen LogP contribution in [0.15, 0.2) is 72.8 Å². The number of likely N-dealkylation sites (N-methyl/N-ethyl adjacent to an activating group) is 1. The van der Waals surface area contributed by atoms with Gasteiger partial charge in [-0.1, -0.05) is 66.2 Å². The smallest absolute Gasteiger partial charge is 0.243 e. The van der Waals surface area contributed by atoms with E-state index in [1.807, 2.05) is 87.5 Å². The summed E-state index contributed by atoms with van der Waals surface area (Å²) >= 11 is 0. The van der Waals surface area contributed by atoms with Crippen LogP contribution in [0.2, 0.25) is 0 Å². The molecule has 0 saturated carbocycles. The van der Waals surface area contributed by atoms with Gasteiger partial charge in [-0.25, -0.2) is 0 Å². The van der Waals surface area contributed by atoms with Gasteiger partial charge in [-0.2, -0.15) is 0 Å². The molecule has 0 spiro atoms. The van der Waals surface area contributed by atoms with Crippen LogP contribution in [0, 0.1) is 13.8 Å². The number of benzene rings is 3. The fraction of sp³-hybridized carbons (Fsp3) is 0.310. The van der Waals surface area contributed by atoms with E-state index in [-0.39, 0.29) is 18.2 Å². The van der Waals surface area contributed by atoms with E-state index in [1.165, 1.54) is 0 Å². The zero-order chi connectivity index (χ0) is 24.5. The number of carbonyl (C=O) groups is 2. The number of methoxy groups -OCH3 is 1. The first-order valence-corrected chi connectivity index (χ1v) is 11.7. The molecule has 1 N–H and O–H groups in total. The molecule has 0 radical (unpaired) electrons. The summed E-state index contributed by atoms with van der Waals surface area (Å²) in [5.41, 5.74) is 5.08. The lowest BCUT2D eigenvalue weighted by molar-refractivity contribution is -0.140. The Morgan fingerprint density at radius 3 is 2.38 bits per heavy atom. The van der Waals surface area contributed by atoms with Gasteiger partial charge in [0, 0.05) is 19.5 Å². The zero-order valence-electron chi connectivity index (χ0n) is 20.5. The molecule has 0 saturated heterocycles. The molecule has 0 aliphatic rings. The summed E-state index contributed by atoms with van der Waals surface area (Å²) in [5.74, 6) is 0.490. The van der Waals surface area contributed by atoms with E-state index in [0.717, 1.165) is 33.6 Å². The number of carbonyl (C=O) groups excluding carboxylic acids is 2. The third-order valence-corrected chi connectivity index (χ3v) is 5.96. The fourth-order valence-electron chi connectivity index (χ4n) is 4.07. The highest BCUT2D eigenvalue weighted by Gasteiger charge is 2.30. The Kier molecular flexibility index (Phi) is 8.86. The first kappa shape index (κ1) is 25.0. The summed E-state index contributed by atoms with van der Waals surface area (Å²) in [6.45, 7) is 6.74. The Labute approximate surface area is 202 Å². The zero-order valence-corrected chi connectivity index (χ0v) is 20.5. The van der Waals surface area contributed by atoms with Crippen molar-refractivity contribution in [2.24, 2.45) is 0 Å². The average molecular weight is 459 g/mol. The van der Waals surface area contributed by atoms with Crippen LogP contribution in [-0.2, 0) is 29.0 Å². The first-order valence-electron chi connectivity index (χ1n) is 11.7. The molecule has 0 fully saturated rings. The van der Waals surface area contributed by atoms with Gasteiger partial charge in [-0.15, -0.1) is 0 Å². The normalized spacial score (nSPS) is 11.5. The van der Waals surface area contributed by atoms with Crippen molar-refractivity contribution >= 4 is 11.8 Å². The van der Waals surface area contributed by atoms with Crippen LogP contribution in [0.4, 0.5) is 0 Å². The number of rotatable bonds is 10. The average Bonchev–Trinajstić information content (AvgIpc) is 2.84. The summed E-state index contributed by atoms with van der Waals surface area (Å²) in [7, 11) is 1.62. The van der Waals surface area contributed by atoms with Crippen LogP contribution in [-0.4, -0.2) is 36.4 Å². The van der Waals surface area contributed by atoms with Crippen molar-refractivity contribution in [3.8, 4) is 5.75 Å². The highest BCUT2D eigenvalue weighted by atomic mass is 16.5. The van der Waals surface area contributed by atoms with Gasteiger partial charge in [0.25, 0.3) is 0 Å². The van der Waals surface area contributed by atoms with Crippen LogP contribution in [0.5, 0.6) is 5.75 Å². The minimum absolute atomic E-state index is 0.0799. The molecule has 178 valence electrons. The Balaban J connectivity index is 1.99. The molecule has 0 bridgehead atoms. The topological polar surface area (TPSA) is 58.6 Å². The Hall–Kier alpha value is -3.60. The second kappa shape index (κ2) is 12.0. The Morgan fingerprint density at radius 1 is 0.941 bits per heavy atom. The highest BCUT2D eigenvalue weighted by Crippen LogP contribution is 2.20. The van der Waals surface area contributed by atoms with Crippen molar-refractivity contribution in [3.05, 3.63) is 101 Å². The minimum atomic E-state index is -0.633. The van der Waals surface area contributed by atoms with Crippen LogP contribution in [0.1, 0.15) is 34.7 Å². The number of aryl methyl sites for hydroxylation is 2. The number of hydrogen-bond acceptors (Lipinski definition) is 3. The molecule has 0 aliphatic carbocycles. The van der Waals surface area contributed by atoms with Crippen LogP contribution < -0.4 is 10.1 Å². The van der Waals surface area contributed by atoms with Crippen LogP contribution in [0.3, 0.4) is 0 Å². The lowest BCUT2D eigenvalue weighted by Gasteiger charge is -2.32. The van der Waals surface area contributed by atoms with Gasteiger partial charge in [-0.3, -0.25) is 9.59 Å². The Morgan fingerprint density at radius 2 is 1.68 bits per heavy atom. The number of hydrogen-bond donors (Lipinski definition) is 1. The van der Waals surface area contributed by atoms with Gasteiger partial charge in [0.05, 0.1) is 13.5 Å². The molecular formula is C29H34N2O3. The lowest BCUT2D eigenvalue weighted by atomic mass is 9.99. The predicted octanol–water partition coefficient (Wildman–Crippen LogP) is 4.63. The van der Waals surface area contributed by atoms with Crippen molar-refractivity contribution < 1.29 is 14.3 Å². The van der Waals surface area contributed by atoms with Gasteiger partial charge in [-0.05, 0) is 55.2 Å². The van der Waals surface area contributed by atoms with Crippen LogP contribution in [0.25, 0.3) is 0 Å². The largest absolute Gasteiger partial charge is 0.497 e. The third kappa shape index (κ3) is 6.70. The maximum Gasteiger partial charge on any atom is 0.243 e. The predicted molar refractivity (Wildman–Crippen MR) is 136 cm³/mol. The molecule has 3 aromatic carbocycles.